The molecule has 6 heteroatoms. The number of carbonyl (C=O) groups excluding carboxylic acids is 2. The number of rotatable bonds is 7. The van der Waals surface area contributed by atoms with Gasteiger partial charge in [0, 0.05) is 12.0 Å². The first-order chi connectivity index (χ1) is 12.1. The van der Waals surface area contributed by atoms with E-state index in [2.05, 4.69) is 5.32 Å². The van der Waals surface area contributed by atoms with Gasteiger partial charge in [-0.15, -0.1) is 0 Å². The van der Waals surface area contributed by atoms with Gasteiger partial charge < -0.3 is 19.5 Å². The monoisotopic (exact) mass is 343 g/mol. The third kappa shape index (κ3) is 4.50. The number of hydrogen-bond donors (Lipinski definition) is 1. The van der Waals surface area contributed by atoms with Gasteiger partial charge in [-0.3, -0.25) is 4.79 Å². The van der Waals surface area contributed by atoms with Crippen molar-refractivity contribution >= 4 is 17.6 Å². The molecule has 0 aliphatic rings. The Morgan fingerprint density at radius 1 is 0.920 bits per heavy atom. The highest BCUT2D eigenvalue weighted by atomic mass is 16.5. The smallest absolute Gasteiger partial charge is 0.339 e. The Bertz CT molecular complexity index is 735. The Labute approximate surface area is 146 Å². The van der Waals surface area contributed by atoms with E-state index in [9.17, 15) is 9.59 Å². The van der Waals surface area contributed by atoms with Crippen molar-refractivity contribution in [3.05, 3.63) is 53.6 Å². The molecule has 2 aromatic carbocycles. The van der Waals surface area contributed by atoms with Gasteiger partial charge in [0.2, 0.25) is 5.91 Å². The van der Waals surface area contributed by atoms with Crippen molar-refractivity contribution < 1.29 is 23.8 Å². The predicted octanol–water partition coefficient (Wildman–Crippen LogP) is 3.06. The highest BCUT2D eigenvalue weighted by Crippen LogP contribution is 2.29. The summed E-state index contributed by atoms with van der Waals surface area (Å²) in [5.41, 5.74) is 1.56. The van der Waals surface area contributed by atoms with Gasteiger partial charge in [0.1, 0.15) is 11.5 Å². The highest BCUT2D eigenvalue weighted by Gasteiger charge is 2.15. The lowest BCUT2D eigenvalue weighted by molar-refractivity contribution is -0.116. The van der Waals surface area contributed by atoms with Crippen molar-refractivity contribution in [1.82, 2.24) is 0 Å². The second-order valence-electron chi connectivity index (χ2n) is 5.23. The Hall–Kier alpha value is -3.02. The standard InChI is InChI=1S/C19H21NO5/c1-23-16-9-6-10-17(24-2)14(16)11-12-18(21)20-15-8-5-4-7-13(15)19(22)25-3/h4-10H,11-12H2,1-3H3,(H,20,21). The van der Waals surface area contributed by atoms with Crippen molar-refractivity contribution in [2.75, 3.05) is 26.6 Å². The van der Waals surface area contributed by atoms with Crippen molar-refractivity contribution in [3.63, 3.8) is 0 Å². The number of amides is 1. The fourth-order valence-electron chi connectivity index (χ4n) is 2.51. The molecule has 0 unspecified atom stereocenters. The average molecular weight is 343 g/mol. The molecule has 0 aromatic heterocycles. The van der Waals surface area contributed by atoms with Gasteiger partial charge in [-0.1, -0.05) is 18.2 Å². The highest BCUT2D eigenvalue weighted by molar-refractivity contribution is 6.01. The zero-order chi connectivity index (χ0) is 18.2. The van der Waals surface area contributed by atoms with E-state index < -0.39 is 5.97 Å². The molecule has 0 radical (unpaired) electrons. The molecular weight excluding hydrogens is 322 g/mol. The van der Waals surface area contributed by atoms with Crippen LogP contribution in [-0.2, 0) is 16.0 Å². The fraction of sp³-hybridized carbons (Fsp3) is 0.263. The maximum Gasteiger partial charge on any atom is 0.339 e. The molecule has 0 aliphatic heterocycles. The summed E-state index contributed by atoms with van der Waals surface area (Å²) in [7, 11) is 4.45. The minimum Gasteiger partial charge on any atom is -0.496 e. The fourth-order valence-corrected chi connectivity index (χ4v) is 2.51. The molecule has 0 atom stereocenters. The van der Waals surface area contributed by atoms with Crippen LogP contribution in [-0.4, -0.2) is 33.2 Å². The second-order valence-corrected chi connectivity index (χ2v) is 5.23. The number of esters is 1. The summed E-state index contributed by atoms with van der Waals surface area (Å²) in [6.07, 6.45) is 0.658. The molecule has 132 valence electrons. The van der Waals surface area contributed by atoms with Crippen LogP contribution in [0.25, 0.3) is 0 Å². The van der Waals surface area contributed by atoms with E-state index in [0.717, 1.165) is 5.56 Å². The summed E-state index contributed by atoms with van der Waals surface area (Å²) in [6.45, 7) is 0. The molecule has 0 fully saturated rings. The maximum absolute atomic E-state index is 12.3. The average Bonchev–Trinajstić information content (AvgIpc) is 2.65. The van der Waals surface area contributed by atoms with Crippen LogP contribution in [0.5, 0.6) is 11.5 Å². The Kier molecular flexibility index (Phi) is 6.39. The molecule has 6 nitrogen and oxygen atoms in total. The lowest BCUT2D eigenvalue weighted by atomic mass is 10.1. The molecule has 1 N–H and O–H groups in total. The molecular formula is C19H21NO5. The SMILES string of the molecule is COC(=O)c1ccccc1NC(=O)CCc1c(OC)cccc1OC. The zero-order valence-electron chi connectivity index (χ0n) is 14.5. The summed E-state index contributed by atoms with van der Waals surface area (Å²) in [4.78, 5) is 24.1. The van der Waals surface area contributed by atoms with E-state index >= 15 is 0 Å². The van der Waals surface area contributed by atoms with Gasteiger partial charge in [-0.25, -0.2) is 4.79 Å². The van der Waals surface area contributed by atoms with E-state index in [0.29, 0.717) is 29.2 Å². The number of methoxy groups -OCH3 is 3. The minimum atomic E-state index is -0.498. The molecule has 0 heterocycles. The number of hydrogen-bond acceptors (Lipinski definition) is 5. The van der Waals surface area contributed by atoms with Gasteiger partial charge in [-0.2, -0.15) is 0 Å². The number of nitrogens with one attached hydrogen (secondary N) is 1. The Morgan fingerprint density at radius 2 is 1.56 bits per heavy atom. The molecule has 0 bridgehead atoms. The van der Waals surface area contributed by atoms with Crippen LogP contribution in [0.3, 0.4) is 0 Å². The molecule has 0 saturated heterocycles. The van der Waals surface area contributed by atoms with E-state index in [-0.39, 0.29) is 12.3 Å². The van der Waals surface area contributed by atoms with E-state index in [4.69, 9.17) is 14.2 Å². The van der Waals surface area contributed by atoms with Gasteiger partial charge in [0.05, 0.1) is 32.6 Å². The first kappa shape index (κ1) is 18.3. The molecule has 2 rings (SSSR count). The quantitative estimate of drug-likeness (QED) is 0.782. The third-order valence-electron chi connectivity index (χ3n) is 3.74. The molecule has 1 amide bonds. The normalized spacial score (nSPS) is 10.0. The van der Waals surface area contributed by atoms with Crippen molar-refractivity contribution in [3.8, 4) is 11.5 Å². The Morgan fingerprint density at radius 3 is 2.16 bits per heavy atom. The van der Waals surface area contributed by atoms with Gasteiger partial charge >= 0.3 is 5.97 Å². The molecule has 0 saturated carbocycles. The Balaban J connectivity index is 2.09. The number of carbonyl (C=O) groups is 2. The summed E-state index contributed by atoms with van der Waals surface area (Å²) >= 11 is 0. The lowest BCUT2D eigenvalue weighted by Gasteiger charge is -2.13. The first-order valence-electron chi connectivity index (χ1n) is 7.77. The summed E-state index contributed by atoms with van der Waals surface area (Å²) in [5, 5.41) is 2.75. The zero-order valence-corrected chi connectivity index (χ0v) is 14.5. The second kappa shape index (κ2) is 8.73. The van der Waals surface area contributed by atoms with Gasteiger partial charge in [0.15, 0.2) is 0 Å². The van der Waals surface area contributed by atoms with Crippen LogP contribution in [0.1, 0.15) is 22.3 Å². The number of anilines is 1. The van der Waals surface area contributed by atoms with Crippen LogP contribution in [0.2, 0.25) is 0 Å². The van der Waals surface area contributed by atoms with E-state index in [1.165, 1.54) is 7.11 Å². The van der Waals surface area contributed by atoms with E-state index in [1.54, 1.807) is 38.5 Å². The molecule has 2 aromatic rings. The van der Waals surface area contributed by atoms with Crippen LogP contribution in [0.4, 0.5) is 5.69 Å². The number of ether oxygens (including phenoxy) is 3. The van der Waals surface area contributed by atoms with Crippen LogP contribution < -0.4 is 14.8 Å². The minimum absolute atomic E-state index is 0.215. The molecule has 0 spiro atoms. The van der Waals surface area contributed by atoms with Gasteiger partial charge in [0.25, 0.3) is 0 Å². The van der Waals surface area contributed by atoms with Crippen LogP contribution in [0.15, 0.2) is 42.5 Å². The van der Waals surface area contributed by atoms with Crippen molar-refractivity contribution in [2.45, 2.75) is 12.8 Å². The topological polar surface area (TPSA) is 73.9 Å². The first-order valence-corrected chi connectivity index (χ1v) is 7.77. The number of para-hydroxylation sites is 1. The predicted molar refractivity (Wildman–Crippen MR) is 94.3 cm³/mol. The van der Waals surface area contributed by atoms with Crippen LogP contribution in [0, 0.1) is 0 Å². The molecule has 0 aliphatic carbocycles. The third-order valence-corrected chi connectivity index (χ3v) is 3.74. The maximum atomic E-state index is 12.3. The van der Waals surface area contributed by atoms with Crippen LogP contribution >= 0.6 is 0 Å². The lowest BCUT2D eigenvalue weighted by Crippen LogP contribution is -2.16. The summed E-state index contributed by atoms with van der Waals surface area (Å²) in [5.74, 6) is 0.621. The van der Waals surface area contributed by atoms with Gasteiger partial charge in [-0.05, 0) is 30.7 Å². The van der Waals surface area contributed by atoms with Crippen molar-refractivity contribution in [2.24, 2.45) is 0 Å². The molecule has 25 heavy (non-hydrogen) atoms. The summed E-state index contributed by atoms with van der Waals surface area (Å²) in [6, 6.07) is 12.2. The van der Waals surface area contributed by atoms with Crippen molar-refractivity contribution in [1.29, 1.82) is 0 Å². The summed E-state index contributed by atoms with van der Waals surface area (Å²) < 4.78 is 15.4. The largest absolute Gasteiger partial charge is 0.496 e. The number of benzene rings is 2. The van der Waals surface area contributed by atoms with E-state index in [1.807, 2.05) is 18.2 Å².